The fraction of sp³-hybridized carbons (Fsp3) is 0.444. The van der Waals surface area contributed by atoms with E-state index in [-0.39, 0.29) is 12.4 Å². The van der Waals surface area contributed by atoms with Gasteiger partial charge >= 0.3 is 5.97 Å². The predicted molar refractivity (Wildman–Crippen MR) is 105 cm³/mol. The molecule has 0 spiro atoms. The molecule has 0 aliphatic carbocycles. The van der Waals surface area contributed by atoms with Crippen molar-refractivity contribution in [3.8, 4) is 5.75 Å². The van der Waals surface area contributed by atoms with Crippen LogP contribution < -0.4 is 4.74 Å². The lowest BCUT2D eigenvalue weighted by molar-refractivity contribution is -0.195. The Morgan fingerprint density at radius 1 is 1.38 bits per heavy atom. The molecule has 26 heavy (non-hydrogen) atoms. The largest absolute Gasteiger partial charge is 0.492 e. The number of ether oxygens (including phenoxy) is 1. The van der Waals surface area contributed by atoms with E-state index in [9.17, 15) is 4.79 Å². The number of carbonyl (C=O) groups excluding carboxylic acids is 1. The molecule has 1 aliphatic rings. The minimum absolute atomic E-state index is 0.222. The first kappa shape index (κ1) is 19.6. The lowest BCUT2D eigenvalue weighted by Gasteiger charge is -2.30. The average molecular weight is 460 g/mol. The smallest absolute Gasteiger partial charge is 0.330 e. The second-order valence-corrected chi connectivity index (χ2v) is 8.49. The van der Waals surface area contributed by atoms with Crippen molar-refractivity contribution in [1.82, 2.24) is 10.0 Å². The third-order valence-electron chi connectivity index (χ3n) is 4.28. The summed E-state index contributed by atoms with van der Waals surface area (Å²) in [6.45, 7) is 2.15. The molecule has 0 radical (unpaired) electrons. The molecule has 1 aromatic carbocycles. The SMILES string of the molecule is O=C(Cc1cncs1)ON1CCC(CCOc2cc(Br)ccc2Cl)CC1. The fourth-order valence-electron chi connectivity index (χ4n) is 2.86. The van der Waals surface area contributed by atoms with Gasteiger partial charge in [0, 0.05) is 28.6 Å². The van der Waals surface area contributed by atoms with E-state index in [0.29, 0.717) is 23.3 Å². The summed E-state index contributed by atoms with van der Waals surface area (Å²) < 4.78 is 6.75. The molecule has 0 amide bonds. The maximum Gasteiger partial charge on any atom is 0.330 e. The van der Waals surface area contributed by atoms with Crippen molar-refractivity contribution in [2.75, 3.05) is 19.7 Å². The van der Waals surface area contributed by atoms with E-state index in [4.69, 9.17) is 21.2 Å². The number of nitrogens with zero attached hydrogens (tertiary/aromatic N) is 2. The monoisotopic (exact) mass is 458 g/mol. The quantitative estimate of drug-likeness (QED) is 0.598. The number of halogens is 2. The highest BCUT2D eigenvalue weighted by atomic mass is 79.9. The van der Waals surface area contributed by atoms with Crippen LogP contribution in [0.3, 0.4) is 0 Å². The third-order valence-corrected chi connectivity index (χ3v) is 5.87. The van der Waals surface area contributed by atoms with Gasteiger partial charge in [-0.2, -0.15) is 0 Å². The number of hydrogen-bond acceptors (Lipinski definition) is 6. The summed E-state index contributed by atoms with van der Waals surface area (Å²) in [6.07, 6.45) is 4.93. The maximum absolute atomic E-state index is 11.9. The number of hydroxylamine groups is 2. The summed E-state index contributed by atoms with van der Waals surface area (Å²) in [5.41, 5.74) is 1.72. The molecular weight excluding hydrogens is 440 g/mol. The Hall–Kier alpha value is -1.15. The van der Waals surface area contributed by atoms with Gasteiger partial charge in [0.25, 0.3) is 0 Å². The number of benzene rings is 1. The molecule has 8 heteroatoms. The van der Waals surface area contributed by atoms with E-state index in [1.165, 1.54) is 11.3 Å². The Morgan fingerprint density at radius 2 is 2.19 bits per heavy atom. The van der Waals surface area contributed by atoms with Crippen LogP contribution >= 0.6 is 38.9 Å². The van der Waals surface area contributed by atoms with Crippen LogP contribution in [0.5, 0.6) is 5.75 Å². The van der Waals surface area contributed by atoms with Crippen LogP contribution in [0.15, 0.2) is 34.4 Å². The van der Waals surface area contributed by atoms with Gasteiger partial charge < -0.3 is 9.57 Å². The summed E-state index contributed by atoms with van der Waals surface area (Å²) in [5, 5.41) is 2.39. The number of thiazole rings is 1. The normalized spacial score (nSPS) is 15.8. The van der Waals surface area contributed by atoms with Crippen molar-refractivity contribution in [2.24, 2.45) is 5.92 Å². The summed E-state index contributed by atoms with van der Waals surface area (Å²) >= 11 is 11.0. The van der Waals surface area contributed by atoms with Gasteiger partial charge in [-0.05, 0) is 43.4 Å². The Balaban J connectivity index is 1.34. The molecule has 0 unspecified atom stereocenters. The fourth-order valence-corrected chi connectivity index (χ4v) is 3.95. The number of rotatable bonds is 7. The van der Waals surface area contributed by atoms with Crippen LogP contribution in [0.2, 0.25) is 5.02 Å². The maximum atomic E-state index is 11.9. The first-order chi connectivity index (χ1) is 12.6. The van der Waals surface area contributed by atoms with Crippen molar-refractivity contribution >= 4 is 44.8 Å². The molecule has 0 atom stereocenters. The van der Waals surface area contributed by atoms with Crippen molar-refractivity contribution in [2.45, 2.75) is 25.7 Å². The van der Waals surface area contributed by atoms with E-state index >= 15 is 0 Å². The summed E-state index contributed by atoms with van der Waals surface area (Å²) in [6, 6.07) is 5.59. The molecule has 2 heterocycles. The molecule has 1 saturated heterocycles. The molecule has 5 nitrogen and oxygen atoms in total. The summed E-state index contributed by atoms with van der Waals surface area (Å²) in [5.74, 6) is 1.05. The summed E-state index contributed by atoms with van der Waals surface area (Å²) in [4.78, 5) is 22.3. The zero-order valence-electron chi connectivity index (χ0n) is 14.2. The predicted octanol–water partition coefficient (Wildman–Crippen LogP) is 4.74. The van der Waals surface area contributed by atoms with Crippen molar-refractivity contribution in [3.63, 3.8) is 0 Å². The first-order valence-electron chi connectivity index (χ1n) is 8.51. The zero-order valence-corrected chi connectivity index (χ0v) is 17.4. The second-order valence-electron chi connectivity index (χ2n) is 6.19. The van der Waals surface area contributed by atoms with Crippen LogP contribution in [0.4, 0.5) is 0 Å². The molecule has 1 fully saturated rings. The molecule has 0 saturated carbocycles. The number of carbonyl (C=O) groups is 1. The second kappa shape index (κ2) is 9.69. The van der Waals surface area contributed by atoms with Gasteiger partial charge in [0.1, 0.15) is 5.75 Å². The van der Waals surface area contributed by atoms with Crippen molar-refractivity contribution < 1.29 is 14.4 Å². The molecule has 1 aliphatic heterocycles. The molecule has 0 bridgehead atoms. The first-order valence-corrected chi connectivity index (χ1v) is 10.6. The van der Waals surface area contributed by atoms with Crippen molar-refractivity contribution in [3.05, 3.63) is 44.3 Å². The number of hydrogen-bond donors (Lipinski definition) is 0. The van der Waals surface area contributed by atoms with Gasteiger partial charge in [0.2, 0.25) is 0 Å². The van der Waals surface area contributed by atoms with Crippen LogP contribution in [0.1, 0.15) is 24.1 Å². The standard InChI is InChI=1S/C18H20BrClN2O3S/c19-14-1-2-16(20)17(9-14)24-8-5-13-3-6-22(7-4-13)25-18(23)10-15-11-21-12-26-15/h1-2,9,11-13H,3-8,10H2. The van der Waals surface area contributed by atoms with Crippen molar-refractivity contribution in [1.29, 1.82) is 0 Å². The van der Waals surface area contributed by atoms with Gasteiger partial charge in [0.15, 0.2) is 0 Å². The van der Waals surface area contributed by atoms with Gasteiger partial charge in [-0.1, -0.05) is 27.5 Å². The molecule has 140 valence electrons. The highest BCUT2D eigenvalue weighted by molar-refractivity contribution is 9.10. The molecule has 3 rings (SSSR count). The van der Waals surface area contributed by atoms with Gasteiger partial charge in [0.05, 0.1) is 23.6 Å². The zero-order chi connectivity index (χ0) is 18.4. The van der Waals surface area contributed by atoms with Crippen LogP contribution in [-0.4, -0.2) is 35.7 Å². The molecule has 1 aromatic heterocycles. The Bertz CT molecular complexity index is 721. The summed E-state index contributed by atoms with van der Waals surface area (Å²) in [7, 11) is 0. The Labute approximate surface area is 170 Å². The van der Waals surface area contributed by atoms with Gasteiger partial charge in [-0.15, -0.1) is 16.4 Å². The number of aromatic nitrogens is 1. The van der Waals surface area contributed by atoms with E-state index < -0.39 is 0 Å². The van der Waals surface area contributed by atoms with E-state index in [1.54, 1.807) is 16.8 Å². The topological polar surface area (TPSA) is 51.7 Å². The minimum Gasteiger partial charge on any atom is -0.492 e. The Kier molecular flexibility index (Phi) is 7.31. The average Bonchev–Trinajstić information content (AvgIpc) is 3.12. The Morgan fingerprint density at radius 3 is 2.92 bits per heavy atom. The van der Waals surface area contributed by atoms with Crippen LogP contribution in [0, 0.1) is 5.92 Å². The number of piperidine rings is 1. The molecular formula is C18H20BrClN2O3S. The van der Waals surface area contributed by atoms with Crippen LogP contribution in [0.25, 0.3) is 0 Å². The van der Waals surface area contributed by atoms with Gasteiger partial charge in [-0.25, -0.2) is 4.79 Å². The molecule has 0 N–H and O–H groups in total. The lowest BCUT2D eigenvalue weighted by atomic mass is 9.95. The minimum atomic E-state index is -0.222. The van der Waals surface area contributed by atoms with Crippen LogP contribution in [-0.2, 0) is 16.1 Å². The van der Waals surface area contributed by atoms with E-state index in [2.05, 4.69) is 20.9 Å². The third kappa shape index (κ3) is 5.94. The lowest BCUT2D eigenvalue weighted by Crippen LogP contribution is -2.36. The van der Waals surface area contributed by atoms with E-state index in [1.807, 2.05) is 18.2 Å². The van der Waals surface area contributed by atoms with E-state index in [0.717, 1.165) is 41.7 Å². The highest BCUT2D eigenvalue weighted by Gasteiger charge is 2.22. The van der Waals surface area contributed by atoms with Gasteiger partial charge in [-0.3, -0.25) is 4.98 Å². The molecule has 2 aromatic rings. The highest BCUT2D eigenvalue weighted by Crippen LogP contribution is 2.29.